The summed E-state index contributed by atoms with van der Waals surface area (Å²) in [5.41, 5.74) is 5.54. The van der Waals surface area contributed by atoms with Crippen LogP contribution in [0.25, 0.3) is 0 Å². The molecule has 21 heavy (non-hydrogen) atoms. The quantitative estimate of drug-likeness (QED) is 0.743. The van der Waals surface area contributed by atoms with E-state index in [2.05, 4.69) is 32.6 Å². The highest BCUT2D eigenvalue weighted by molar-refractivity contribution is 8.02. The number of amides is 1. The summed E-state index contributed by atoms with van der Waals surface area (Å²) in [5.74, 6) is -0.101. The van der Waals surface area contributed by atoms with Gasteiger partial charge in [-0.1, -0.05) is 48.3 Å². The molecule has 0 radical (unpaired) electrons. The van der Waals surface area contributed by atoms with Crippen LogP contribution in [0.2, 0.25) is 0 Å². The minimum atomic E-state index is -0.254. The molecule has 2 aromatic heterocycles. The van der Waals surface area contributed by atoms with E-state index in [-0.39, 0.29) is 11.2 Å². The first-order valence-corrected chi connectivity index (χ1v) is 9.02. The van der Waals surface area contributed by atoms with Crippen molar-refractivity contribution >= 4 is 50.6 Å². The largest absolute Gasteiger partial charge is 0.374 e. The zero-order valence-electron chi connectivity index (χ0n) is 11.7. The molecule has 0 spiro atoms. The third kappa shape index (κ3) is 4.61. The number of aryl methyl sites for hydroxylation is 1. The van der Waals surface area contributed by atoms with Gasteiger partial charge in [-0.15, -0.1) is 20.4 Å². The number of rotatable bonds is 7. The lowest BCUT2D eigenvalue weighted by atomic mass is 10.3. The first-order chi connectivity index (χ1) is 10.1. The molecule has 2 aromatic rings. The number of anilines is 2. The third-order valence-electron chi connectivity index (χ3n) is 2.49. The van der Waals surface area contributed by atoms with Gasteiger partial charge in [0, 0.05) is 6.42 Å². The Morgan fingerprint density at radius 1 is 1.29 bits per heavy atom. The summed E-state index contributed by atoms with van der Waals surface area (Å²) >= 11 is 4.06. The number of thioether (sulfide) groups is 1. The lowest BCUT2D eigenvalue weighted by Gasteiger charge is -2.10. The van der Waals surface area contributed by atoms with E-state index < -0.39 is 0 Å². The van der Waals surface area contributed by atoms with Gasteiger partial charge in [0.25, 0.3) is 0 Å². The molecule has 0 saturated heterocycles. The number of nitrogen functional groups attached to an aromatic ring is 1. The van der Waals surface area contributed by atoms with Crippen LogP contribution in [0.1, 0.15) is 31.7 Å². The molecule has 7 nitrogen and oxygen atoms in total. The van der Waals surface area contributed by atoms with Crippen LogP contribution in [0.4, 0.5) is 10.3 Å². The van der Waals surface area contributed by atoms with E-state index in [0.717, 1.165) is 17.8 Å². The molecular formula is C11H16N6OS3. The van der Waals surface area contributed by atoms with E-state index in [1.807, 2.05) is 6.92 Å². The summed E-state index contributed by atoms with van der Waals surface area (Å²) in [6, 6.07) is 0. The summed E-state index contributed by atoms with van der Waals surface area (Å²) < 4.78 is 0.693. The average molecular weight is 344 g/mol. The predicted molar refractivity (Wildman–Crippen MR) is 86.8 cm³/mol. The zero-order chi connectivity index (χ0) is 15.2. The van der Waals surface area contributed by atoms with Crippen LogP contribution in [0, 0.1) is 0 Å². The molecule has 0 aliphatic heterocycles. The fraction of sp³-hybridized carbons (Fsp3) is 0.545. The molecule has 0 saturated carbocycles. The van der Waals surface area contributed by atoms with E-state index in [1.165, 1.54) is 34.4 Å². The van der Waals surface area contributed by atoms with Crippen LogP contribution < -0.4 is 11.1 Å². The molecule has 0 aromatic carbocycles. The molecule has 114 valence electrons. The fourth-order valence-corrected chi connectivity index (χ4v) is 4.16. The lowest BCUT2D eigenvalue weighted by Crippen LogP contribution is -2.24. The van der Waals surface area contributed by atoms with Crippen LogP contribution in [0.5, 0.6) is 0 Å². The molecule has 3 N–H and O–H groups in total. The number of carbonyl (C=O) groups is 1. The van der Waals surface area contributed by atoms with Crippen molar-refractivity contribution in [1.82, 2.24) is 20.4 Å². The van der Waals surface area contributed by atoms with Crippen molar-refractivity contribution in [1.29, 1.82) is 0 Å². The third-order valence-corrected chi connectivity index (χ3v) is 5.59. The summed E-state index contributed by atoms with van der Waals surface area (Å²) in [6.45, 7) is 4.03. The van der Waals surface area contributed by atoms with Gasteiger partial charge < -0.3 is 5.73 Å². The highest BCUT2D eigenvalue weighted by atomic mass is 32.2. The summed E-state index contributed by atoms with van der Waals surface area (Å²) in [4.78, 5) is 12.3. The van der Waals surface area contributed by atoms with Gasteiger partial charge in [0.15, 0.2) is 4.34 Å². The minimum Gasteiger partial charge on any atom is -0.374 e. The first-order valence-electron chi connectivity index (χ1n) is 6.51. The number of nitrogens with one attached hydrogen (secondary N) is 1. The van der Waals surface area contributed by atoms with E-state index in [4.69, 9.17) is 5.73 Å². The Morgan fingerprint density at radius 2 is 2.10 bits per heavy atom. The smallest absolute Gasteiger partial charge is 0.239 e. The Morgan fingerprint density at radius 3 is 2.71 bits per heavy atom. The van der Waals surface area contributed by atoms with E-state index in [1.54, 1.807) is 0 Å². The van der Waals surface area contributed by atoms with E-state index in [0.29, 0.717) is 21.0 Å². The number of aromatic nitrogens is 4. The fourth-order valence-electron chi connectivity index (χ4n) is 1.52. The number of nitrogens with two attached hydrogens (primary N) is 1. The molecule has 10 heteroatoms. The maximum atomic E-state index is 12.3. The SMILES string of the molecule is CCCc1nnc(NC(=O)[C@@H](CC)Sc2nnc(N)s2)s1. The van der Waals surface area contributed by atoms with Crippen LogP contribution in [-0.4, -0.2) is 31.6 Å². The van der Waals surface area contributed by atoms with Gasteiger partial charge in [-0.05, 0) is 12.8 Å². The molecule has 1 amide bonds. The van der Waals surface area contributed by atoms with Crippen molar-refractivity contribution in [2.75, 3.05) is 11.1 Å². The number of hydrogen-bond acceptors (Lipinski definition) is 9. The Labute approximate surface area is 134 Å². The highest BCUT2D eigenvalue weighted by Crippen LogP contribution is 2.30. The molecule has 2 rings (SSSR count). The van der Waals surface area contributed by atoms with Crippen molar-refractivity contribution in [2.45, 2.75) is 42.7 Å². The van der Waals surface area contributed by atoms with Crippen molar-refractivity contribution in [2.24, 2.45) is 0 Å². The topological polar surface area (TPSA) is 107 Å². The summed E-state index contributed by atoms with van der Waals surface area (Å²) in [6.07, 6.45) is 2.56. The van der Waals surface area contributed by atoms with Gasteiger partial charge in [-0.3, -0.25) is 10.1 Å². The van der Waals surface area contributed by atoms with Crippen molar-refractivity contribution in [3.8, 4) is 0 Å². The predicted octanol–water partition coefficient (Wildman–Crippen LogP) is 2.43. The second-order valence-corrected chi connectivity index (χ2v) is 7.68. The van der Waals surface area contributed by atoms with Crippen LogP contribution in [-0.2, 0) is 11.2 Å². The highest BCUT2D eigenvalue weighted by Gasteiger charge is 2.21. The van der Waals surface area contributed by atoms with Crippen molar-refractivity contribution in [3.05, 3.63) is 5.01 Å². The van der Waals surface area contributed by atoms with Crippen molar-refractivity contribution in [3.63, 3.8) is 0 Å². The Hall–Kier alpha value is -1.26. The molecular weight excluding hydrogens is 328 g/mol. The Balaban J connectivity index is 1.95. The second-order valence-electron chi connectivity index (χ2n) is 4.16. The zero-order valence-corrected chi connectivity index (χ0v) is 14.1. The molecule has 0 fully saturated rings. The molecule has 2 heterocycles. The average Bonchev–Trinajstić information content (AvgIpc) is 3.06. The monoisotopic (exact) mass is 344 g/mol. The second kappa shape index (κ2) is 7.66. The van der Waals surface area contributed by atoms with Crippen molar-refractivity contribution < 1.29 is 4.79 Å². The van der Waals surface area contributed by atoms with Gasteiger partial charge in [0.2, 0.25) is 16.2 Å². The van der Waals surface area contributed by atoms with Gasteiger partial charge in [0.05, 0.1) is 5.25 Å². The standard InChI is InChI=1S/C11H16N6OS3/c1-3-5-7-14-16-10(20-7)13-8(18)6(4-2)19-11-17-15-9(12)21-11/h6H,3-5H2,1-2H3,(H2,12,15)(H,13,16,18)/t6-/m1/s1. The van der Waals surface area contributed by atoms with Gasteiger partial charge >= 0.3 is 0 Å². The molecule has 0 aliphatic rings. The number of nitrogens with zero attached hydrogens (tertiary/aromatic N) is 4. The molecule has 0 aliphatic carbocycles. The molecule has 0 bridgehead atoms. The Bertz CT molecular complexity index is 598. The van der Waals surface area contributed by atoms with E-state index >= 15 is 0 Å². The summed E-state index contributed by atoms with van der Waals surface area (Å²) in [7, 11) is 0. The molecule has 0 unspecified atom stereocenters. The van der Waals surface area contributed by atoms with Gasteiger partial charge in [-0.25, -0.2) is 0 Å². The first kappa shape index (κ1) is 16.1. The normalized spacial score (nSPS) is 12.3. The van der Waals surface area contributed by atoms with E-state index in [9.17, 15) is 4.79 Å². The van der Waals surface area contributed by atoms with Gasteiger partial charge in [-0.2, -0.15) is 0 Å². The number of carbonyl (C=O) groups excluding carboxylic acids is 1. The maximum Gasteiger partial charge on any atom is 0.239 e. The van der Waals surface area contributed by atoms with Gasteiger partial charge in [0.1, 0.15) is 5.01 Å². The van der Waals surface area contributed by atoms with Crippen LogP contribution in [0.3, 0.4) is 0 Å². The van der Waals surface area contributed by atoms with Crippen LogP contribution >= 0.6 is 34.4 Å². The lowest BCUT2D eigenvalue weighted by molar-refractivity contribution is -0.115. The minimum absolute atomic E-state index is 0.101. The maximum absolute atomic E-state index is 12.3. The molecule has 1 atom stereocenters. The Kier molecular flexibility index (Phi) is 5.88. The summed E-state index contributed by atoms with van der Waals surface area (Å²) in [5, 5.41) is 20.1. The number of hydrogen-bond donors (Lipinski definition) is 2. The van der Waals surface area contributed by atoms with Crippen LogP contribution in [0.15, 0.2) is 4.34 Å².